The first kappa shape index (κ1) is 24.6. The van der Waals surface area contributed by atoms with Crippen molar-refractivity contribution < 1.29 is 23.9 Å². The zero-order chi connectivity index (χ0) is 25.9. The Bertz CT molecular complexity index is 1310. The summed E-state index contributed by atoms with van der Waals surface area (Å²) >= 11 is 0. The molecule has 0 unspecified atom stereocenters. The Labute approximate surface area is 215 Å². The number of rotatable bonds is 5. The lowest BCUT2D eigenvalue weighted by Crippen LogP contribution is -2.50. The summed E-state index contributed by atoms with van der Waals surface area (Å²) in [4.78, 5) is 45.9. The summed E-state index contributed by atoms with van der Waals surface area (Å²) < 4.78 is 12.4. The second kappa shape index (κ2) is 10.5. The molecule has 1 aromatic carbocycles. The van der Waals surface area contributed by atoms with Gasteiger partial charge in [0.1, 0.15) is 0 Å². The first-order chi connectivity index (χ1) is 17.9. The summed E-state index contributed by atoms with van der Waals surface area (Å²) in [6, 6.07) is 9.71. The van der Waals surface area contributed by atoms with Crippen LogP contribution in [0.3, 0.4) is 0 Å². The molecule has 3 amide bonds. The van der Waals surface area contributed by atoms with Crippen LogP contribution in [0.4, 0.5) is 15.3 Å². The summed E-state index contributed by atoms with van der Waals surface area (Å²) in [5.41, 5.74) is 4.79. The summed E-state index contributed by atoms with van der Waals surface area (Å²) in [7, 11) is 1.28. The van der Waals surface area contributed by atoms with Crippen LogP contribution in [0.25, 0.3) is 5.52 Å². The highest BCUT2D eigenvalue weighted by Gasteiger charge is 2.33. The van der Waals surface area contributed by atoms with Gasteiger partial charge in [0, 0.05) is 44.0 Å². The molecule has 2 aromatic heterocycles. The summed E-state index contributed by atoms with van der Waals surface area (Å²) in [6.45, 7) is 3.47. The minimum Gasteiger partial charge on any atom is -0.466 e. The maximum Gasteiger partial charge on any atom is 0.410 e. The Kier molecular flexibility index (Phi) is 6.98. The highest BCUT2D eigenvalue weighted by Crippen LogP contribution is 2.25. The number of carbonyl (C=O) groups is 3. The van der Waals surface area contributed by atoms with Crippen LogP contribution in [0.5, 0.6) is 0 Å². The van der Waals surface area contributed by atoms with Gasteiger partial charge in [-0.3, -0.25) is 0 Å². The van der Waals surface area contributed by atoms with E-state index >= 15 is 0 Å². The number of piperidine rings is 1. The van der Waals surface area contributed by atoms with Gasteiger partial charge in [0.15, 0.2) is 0 Å². The van der Waals surface area contributed by atoms with Crippen molar-refractivity contribution >= 4 is 29.3 Å². The topological polar surface area (TPSA) is 105 Å². The van der Waals surface area contributed by atoms with Crippen LogP contribution in [-0.4, -0.2) is 76.2 Å². The molecule has 10 nitrogen and oxygen atoms in total. The number of aryl methyl sites for hydroxylation is 1. The molecule has 2 aliphatic rings. The fourth-order valence-electron chi connectivity index (χ4n) is 5.21. The van der Waals surface area contributed by atoms with E-state index in [4.69, 9.17) is 9.47 Å². The van der Waals surface area contributed by atoms with Crippen LogP contribution in [0.1, 0.15) is 29.5 Å². The SMILES string of the molecule is COC(=O)[C@@H](Cc1cc(C)c2cncn2c1)OC(=O)N1CCC(N2CCc3ccccc3NC2=O)CC1. The molecule has 1 fully saturated rings. The summed E-state index contributed by atoms with van der Waals surface area (Å²) in [5, 5.41) is 3.01. The molecule has 1 saturated heterocycles. The Morgan fingerprint density at radius 1 is 1.19 bits per heavy atom. The van der Waals surface area contributed by atoms with Gasteiger partial charge in [-0.1, -0.05) is 24.3 Å². The zero-order valence-corrected chi connectivity index (χ0v) is 21.1. The molecule has 0 bridgehead atoms. The van der Waals surface area contributed by atoms with E-state index in [9.17, 15) is 14.4 Å². The van der Waals surface area contributed by atoms with Crippen LogP contribution in [-0.2, 0) is 27.1 Å². The number of amides is 3. The molecule has 0 spiro atoms. The number of benzene rings is 1. The third-order valence-corrected chi connectivity index (χ3v) is 7.21. The molecule has 194 valence electrons. The Hall–Kier alpha value is -4.08. The van der Waals surface area contributed by atoms with Crippen molar-refractivity contribution in [3.63, 3.8) is 0 Å². The lowest BCUT2D eigenvalue weighted by Gasteiger charge is -2.37. The number of anilines is 1. The molecule has 4 heterocycles. The Morgan fingerprint density at radius 3 is 2.76 bits per heavy atom. The number of hydrogen-bond acceptors (Lipinski definition) is 6. The van der Waals surface area contributed by atoms with Crippen molar-refractivity contribution in [2.24, 2.45) is 0 Å². The number of likely N-dealkylation sites (tertiary alicyclic amines) is 1. The molecule has 0 radical (unpaired) electrons. The predicted octanol–water partition coefficient (Wildman–Crippen LogP) is 3.42. The average Bonchev–Trinajstić information content (AvgIpc) is 3.31. The predicted molar refractivity (Wildman–Crippen MR) is 136 cm³/mol. The zero-order valence-electron chi connectivity index (χ0n) is 21.1. The van der Waals surface area contributed by atoms with Crippen LogP contribution in [0, 0.1) is 6.92 Å². The van der Waals surface area contributed by atoms with Crippen LogP contribution in [0.2, 0.25) is 0 Å². The molecular formula is C27H31N5O5. The minimum absolute atomic E-state index is 0.0275. The first-order valence-corrected chi connectivity index (χ1v) is 12.5. The number of urea groups is 1. The fourth-order valence-corrected chi connectivity index (χ4v) is 5.21. The molecule has 0 saturated carbocycles. The van der Waals surface area contributed by atoms with Crippen molar-refractivity contribution in [1.29, 1.82) is 0 Å². The number of carbonyl (C=O) groups excluding carboxylic acids is 3. The molecule has 37 heavy (non-hydrogen) atoms. The van der Waals surface area contributed by atoms with Gasteiger partial charge in [0.2, 0.25) is 6.10 Å². The highest BCUT2D eigenvalue weighted by atomic mass is 16.6. The second-order valence-electron chi connectivity index (χ2n) is 9.57. The Balaban J connectivity index is 1.19. The highest BCUT2D eigenvalue weighted by molar-refractivity contribution is 5.91. The van der Waals surface area contributed by atoms with Gasteiger partial charge in [0.25, 0.3) is 0 Å². The van der Waals surface area contributed by atoms with E-state index in [0.29, 0.717) is 32.5 Å². The van der Waals surface area contributed by atoms with Crippen LogP contribution in [0.15, 0.2) is 49.1 Å². The second-order valence-corrected chi connectivity index (χ2v) is 9.57. The molecule has 1 N–H and O–H groups in total. The van der Waals surface area contributed by atoms with E-state index < -0.39 is 18.2 Å². The number of para-hydroxylation sites is 1. The Morgan fingerprint density at radius 2 is 1.97 bits per heavy atom. The molecule has 1 atom stereocenters. The molecule has 0 aliphatic carbocycles. The van der Waals surface area contributed by atoms with Crippen LogP contribution < -0.4 is 5.32 Å². The monoisotopic (exact) mass is 505 g/mol. The van der Waals surface area contributed by atoms with E-state index in [1.54, 1.807) is 17.4 Å². The first-order valence-electron chi connectivity index (χ1n) is 12.5. The number of aromatic nitrogens is 2. The van der Waals surface area contributed by atoms with Crippen molar-refractivity contribution in [3.8, 4) is 0 Å². The van der Waals surface area contributed by atoms with Crippen molar-refractivity contribution in [3.05, 3.63) is 65.7 Å². The van der Waals surface area contributed by atoms with Gasteiger partial charge in [-0.05, 0) is 48.9 Å². The van der Waals surface area contributed by atoms with Gasteiger partial charge in [-0.15, -0.1) is 0 Å². The van der Waals surface area contributed by atoms with Gasteiger partial charge in [-0.2, -0.15) is 0 Å². The van der Waals surface area contributed by atoms with Crippen molar-refractivity contribution in [2.75, 3.05) is 32.1 Å². The van der Waals surface area contributed by atoms with E-state index in [-0.39, 0.29) is 18.5 Å². The normalized spacial score (nSPS) is 17.1. The lowest BCUT2D eigenvalue weighted by atomic mass is 10.0. The maximum absolute atomic E-state index is 13.0. The largest absolute Gasteiger partial charge is 0.466 e. The van der Waals surface area contributed by atoms with Crippen molar-refractivity contribution in [1.82, 2.24) is 19.2 Å². The summed E-state index contributed by atoms with van der Waals surface area (Å²) in [6.07, 6.45) is 5.96. The van der Waals surface area contributed by atoms with Gasteiger partial charge in [0.05, 0.1) is 25.2 Å². The number of hydrogen-bond donors (Lipinski definition) is 1. The third kappa shape index (κ3) is 5.23. The standard InChI is InChI=1S/C27H31N5O5/c1-18-13-19(16-31-17-28-15-23(18)31)14-24(25(33)36-2)37-27(35)30-10-8-21(9-11-30)32-12-7-20-5-3-4-6-22(20)29-26(32)34/h3-6,13,15-17,21,24H,7-12,14H2,1-2H3,(H,29,34)/t24-/m1/s1. The quantitative estimate of drug-likeness (QED) is 0.533. The van der Waals surface area contributed by atoms with Gasteiger partial charge < -0.3 is 29.0 Å². The molecule has 10 heteroatoms. The minimum atomic E-state index is -1.06. The molecule has 2 aliphatic heterocycles. The van der Waals surface area contributed by atoms with E-state index in [1.165, 1.54) is 7.11 Å². The lowest BCUT2D eigenvalue weighted by molar-refractivity contribution is -0.151. The van der Waals surface area contributed by atoms with Crippen LogP contribution >= 0.6 is 0 Å². The molecule has 3 aromatic rings. The van der Waals surface area contributed by atoms with E-state index in [2.05, 4.69) is 10.3 Å². The number of esters is 1. The number of methoxy groups -OCH3 is 1. The number of imidazole rings is 1. The smallest absolute Gasteiger partial charge is 0.410 e. The number of nitrogens with one attached hydrogen (secondary N) is 1. The number of pyridine rings is 1. The average molecular weight is 506 g/mol. The molecular weight excluding hydrogens is 474 g/mol. The maximum atomic E-state index is 13.0. The van der Waals surface area contributed by atoms with E-state index in [0.717, 1.165) is 34.3 Å². The number of fused-ring (bicyclic) bond motifs is 2. The van der Waals surface area contributed by atoms with E-state index in [1.807, 2.05) is 52.8 Å². The number of ether oxygens (including phenoxy) is 2. The van der Waals surface area contributed by atoms with Gasteiger partial charge >= 0.3 is 18.1 Å². The molecule has 5 rings (SSSR count). The summed E-state index contributed by atoms with van der Waals surface area (Å²) in [5.74, 6) is -0.604. The fraction of sp³-hybridized carbons (Fsp3) is 0.407. The van der Waals surface area contributed by atoms with Gasteiger partial charge in [-0.25, -0.2) is 19.4 Å². The third-order valence-electron chi connectivity index (χ3n) is 7.21. The van der Waals surface area contributed by atoms with Crippen molar-refractivity contribution in [2.45, 2.75) is 44.8 Å². The number of nitrogens with zero attached hydrogens (tertiary/aromatic N) is 4.